The molecule has 2 aliphatic rings. The van der Waals surface area contributed by atoms with Gasteiger partial charge >= 0.3 is 0 Å². The molecule has 0 saturated carbocycles. The summed E-state index contributed by atoms with van der Waals surface area (Å²) in [6.45, 7) is 0. The molecule has 0 bridgehead atoms. The van der Waals surface area contributed by atoms with Crippen molar-refractivity contribution in [1.82, 2.24) is 9.44 Å². The van der Waals surface area contributed by atoms with Crippen LogP contribution in [0, 0.1) is 0 Å². The van der Waals surface area contributed by atoms with Gasteiger partial charge in [0.15, 0.2) is 0 Å². The zero-order valence-electron chi connectivity index (χ0n) is 18.0. The van der Waals surface area contributed by atoms with Crippen LogP contribution in [0.5, 0.6) is 0 Å². The third-order valence-electron chi connectivity index (χ3n) is 6.40. The van der Waals surface area contributed by atoms with E-state index in [2.05, 4.69) is 9.44 Å². The molecule has 0 unspecified atom stereocenters. The molecule has 2 aliphatic carbocycles. The van der Waals surface area contributed by atoms with Gasteiger partial charge in [-0.3, -0.25) is 0 Å². The lowest BCUT2D eigenvalue weighted by molar-refractivity contribution is 0.151. The number of benzene rings is 3. The van der Waals surface area contributed by atoms with Crippen LogP contribution in [0.2, 0.25) is 0 Å². The van der Waals surface area contributed by atoms with Gasteiger partial charge in [-0.05, 0) is 40.5 Å². The second-order valence-electron chi connectivity index (χ2n) is 8.61. The number of rotatable bonds is 6. The number of sulfonamides is 2. The second kappa shape index (κ2) is 8.56. The first-order chi connectivity index (χ1) is 16.2. The van der Waals surface area contributed by atoms with Gasteiger partial charge in [0.05, 0.1) is 34.1 Å². The quantitative estimate of drug-likeness (QED) is 0.406. The highest BCUT2D eigenvalue weighted by molar-refractivity contribution is 7.90. The van der Waals surface area contributed by atoms with Crippen LogP contribution in [0.3, 0.4) is 0 Å². The average Bonchev–Trinajstić information content (AvgIpc) is 3.29. The molecule has 0 radical (unpaired) electrons. The fraction of sp³-hybridized carbons (Fsp3) is 0.250. The van der Waals surface area contributed by atoms with Crippen molar-refractivity contribution in [2.45, 2.75) is 46.9 Å². The molecule has 4 atom stereocenters. The number of hydrogen-bond acceptors (Lipinski definition) is 6. The van der Waals surface area contributed by atoms with Crippen LogP contribution in [0.25, 0.3) is 0 Å². The summed E-state index contributed by atoms with van der Waals surface area (Å²) in [5, 5.41) is 20.8. The van der Waals surface area contributed by atoms with Crippen LogP contribution in [0.15, 0.2) is 82.6 Å². The number of hydrogen-bond donors (Lipinski definition) is 4. The fourth-order valence-corrected chi connectivity index (χ4v) is 7.37. The molecule has 0 spiro atoms. The first kappa shape index (κ1) is 23.2. The van der Waals surface area contributed by atoms with Gasteiger partial charge in [-0.1, -0.05) is 54.6 Å². The van der Waals surface area contributed by atoms with Crippen LogP contribution >= 0.6 is 0 Å². The molecule has 0 aromatic heterocycles. The predicted octanol–water partition coefficient (Wildman–Crippen LogP) is 1.56. The molecule has 178 valence electrons. The van der Waals surface area contributed by atoms with E-state index in [1.54, 1.807) is 24.3 Å². The van der Waals surface area contributed by atoms with E-state index in [1.165, 1.54) is 18.2 Å². The van der Waals surface area contributed by atoms with Crippen molar-refractivity contribution >= 4 is 20.0 Å². The summed E-state index contributed by atoms with van der Waals surface area (Å²) >= 11 is 0. The first-order valence-electron chi connectivity index (χ1n) is 10.8. The predicted molar refractivity (Wildman–Crippen MR) is 125 cm³/mol. The Balaban J connectivity index is 1.41. The third-order valence-corrected chi connectivity index (χ3v) is 9.28. The smallest absolute Gasteiger partial charge is 0.241 e. The van der Waals surface area contributed by atoms with Gasteiger partial charge in [0, 0.05) is 12.8 Å². The van der Waals surface area contributed by atoms with E-state index >= 15 is 0 Å². The summed E-state index contributed by atoms with van der Waals surface area (Å²) < 4.78 is 57.5. The molecule has 0 aliphatic heterocycles. The van der Waals surface area contributed by atoms with Crippen LogP contribution in [0.1, 0.15) is 34.3 Å². The van der Waals surface area contributed by atoms with Gasteiger partial charge in [-0.2, -0.15) is 0 Å². The lowest BCUT2D eigenvalue weighted by atomic mass is 10.1. The Labute approximate surface area is 198 Å². The highest BCUT2D eigenvalue weighted by atomic mass is 32.2. The van der Waals surface area contributed by atoms with E-state index in [0.29, 0.717) is 24.0 Å². The molecule has 34 heavy (non-hydrogen) atoms. The van der Waals surface area contributed by atoms with E-state index in [4.69, 9.17) is 0 Å². The Morgan fingerprint density at radius 3 is 1.47 bits per heavy atom. The maximum Gasteiger partial charge on any atom is 0.241 e. The van der Waals surface area contributed by atoms with Gasteiger partial charge in [-0.15, -0.1) is 0 Å². The molecule has 3 aromatic carbocycles. The van der Waals surface area contributed by atoms with Gasteiger partial charge < -0.3 is 10.2 Å². The molecular weight excluding hydrogens is 476 g/mol. The standard InChI is InChI=1S/C24H24N2O6S2/c27-21-12-15-6-1-3-10-19(15)23(21)25-33(29,30)17-8-5-9-18(14-17)34(31,32)26-24-20-11-4-2-7-16(20)13-22(24)28/h1-11,14,21-28H,12-13H2/t21-,22-,23+,24+/m0/s1. The molecule has 3 aromatic rings. The minimum Gasteiger partial charge on any atom is -0.391 e. The Kier molecular flexibility index (Phi) is 5.83. The van der Waals surface area contributed by atoms with E-state index in [9.17, 15) is 27.0 Å². The number of nitrogens with one attached hydrogen (secondary N) is 2. The lowest BCUT2D eigenvalue weighted by Gasteiger charge is -2.19. The van der Waals surface area contributed by atoms with E-state index < -0.39 is 44.3 Å². The van der Waals surface area contributed by atoms with Crippen LogP contribution in [0.4, 0.5) is 0 Å². The summed E-state index contributed by atoms with van der Waals surface area (Å²) in [6.07, 6.45) is -1.20. The van der Waals surface area contributed by atoms with E-state index in [-0.39, 0.29) is 9.79 Å². The zero-order valence-corrected chi connectivity index (χ0v) is 19.6. The largest absolute Gasteiger partial charge is 0.391 e. The van der Waals surface area contributed by atoms with E-state index in [0.717, 1.165) is 17.2 Å². The second-order valence-corrected chi connectivity index (χ2v) is 12.0. The SMILES string of the molecule is O=S(=O)(N[C@@H]1c2ccccc2C[C@@H]1O)c1cccc(S(=O)(=O)N[C@@H]2c3ccccc3C[C@@H]2O)c1. The minimum absolute atomic E-state index is 0.237. The van der Waals surface area contributed by atoms with Crippen molar-refractivity contribution in [2.75, 3.05) is 0 Å². The number of fused-ring (bicyclic) bond motifs is 2. The zero-order chi connectivity index (χ0) is 24.1. The third kappa shape index (κ3) is 4.17. The molecule has 0 saturated heterocycles. The molecule has 0 heterocycles. The van der Waals surface area contributed by atoms with Crippen molar-refractivity contribution in [3.63, 3.8) is 0 Å². The highest BCUT2D eigenvalue weighted by Gasteiger charge is 2.36. The van der Waals surface area contributed by atoms with Crippen LogP contribution in [-0.4, -0.2) is 39.3 Å². The average molecular weight is 501 g/mol. The van der Waals surface area contributed by atoms with Crippen LogP contribution < -0.4 is 9.44 Å². The normalized spacial score (nSPS) is 24.1. The summed E-state index contributed by atoms with van der Waals surface area (Å²) in [5.41, 5.74) is 3.10. The lowest BCUT2D eigenvalue weighted by Crippen LogP contribution is -2.35. The fourth-order valence-electron chi connectivity index (χ4n) is 4.71. The Hall–Kier alpha value is -2.60. The monoisotopic (exact) mass is 500 g/mol. The molecule has 8 nitrogen and oxygen atoms in total. The van der Waals surface area contributed by atoms with Gasteiger partial charge in [0.1, 0.15) is 0 Å². The molecule has 4 N–H and O–H groups in total. The minimum atomic E-state index is -4.14. The summed E-state index contributed by atoms with van der Waals surface area (Å²) in [7, 11) is -8.28. The number of aliphatic hydroxyl groups excluding tert-OH is 2. The first-order valence-corrected chi connectivity index (χ1v) is 13.8. The summed E-state index contributed by atoms with van der Waals surface area (Å²) in [6, 6.07) is 17.7. The molecule has 0 fully saturated rings. The Morgan fingerprint density at radius 2 is 1.03 bits per heavy atom. The summed E-state index contributed by atoms with van der Waals surface area (Å²) in [5.74, 6) is 0. The molecule has 10 heteroatoms. The van der Waals surface area contributed by atoms with Crippen LogP contribution in [-0.2, 0) is 32.9 Å². The van der Waals surface area contributed by atoms with Crippen molar-refractivity contribution in [1.29, 1.82) is 0 Å². The van der Waals surface area contributed by atoms with Crippen molar-refractivity contribution < 1.29 is 27.0 Å². The molecule has 5 rings (SSSR count). The highest BCUT2D eigenvalue weighted by Crippen LogP contribution is 2.34. The van der Waals surface area contributed by atoms with Gasteiger partial charge in [0.2, 0.25) is 20.0 Å². The Bertz CT molecular complexity index is 1350. The van der Waals surface area contributed by atoms with Crippen molar-refractivity contribution in [3.05, 3.63) is 95.1 Å². The number of aliphatic hydroxyl groups is 2. The molecule has 0 amide bonds. The molecular formula is C24H24N2O6S2. The van der Waals surface area contributed by atoms with Crippen molar-refractivity contribution in [2.24, 2.45) is 0 Å². The maximum atomic E-state index is 13.1. The Morgan fingerprint density at radius 1 is 0.618 bits per heavy atom. The van der Waals surface area contributed by atoms with E-state index in [1.807, 2.05) is 24.3 Å². The van der Waals surface area contributed by atoms with Gasteiger partial charge in [-0.25, -0.2) is 26.3 Å². The van der Waals surface area contributed by atoms with Crippen molar-refractivity contribution in [3.8, 4) is 0 Å². The maximum absolute atomic E-state index is 13.1. The van der Waals surface area contributed by atoms with Gasteiger partial charge in [0.25, 0.3) is 0 Å². The topological polar surface area (TPSA) is 133 Å². The summed E-state index contributed by atoms with van der Waals surface area (Å²) in [4.78, 5) is -0.473.